The van der Waals surface area contributed by atoms with Gasteiger partial charge in [0.15, 0.2) is 0 Å². The van der Waals surface area contributed by atoms with Crippen LogP contribution < -0.4 is 5.32 Å². The van der Waals surface area contributed by atoms with Crippen molar-refractivity contribution in [3.8, 4) is 0 Å². The molecule has 1 fully saturated rings. The van der Waals surface area contributed by atoms with E-state index >= 15 is 0 Å². The summed E-state index contributed by atoms with van der Waals surface area (Å²) in [6.45, 7) is 10.7. The zero-order valence-electron chi connectivity index (χ0n) is 12.4. The maximum absolute atomic E-state index is 12.2. The van der Waals surface area contributed by atoms with Crippen LogP contribution in [0.15, 0.2) is 0 Å². The first kappa shape index (κ1) is 15.4. The molecule has 0 aromatic rings. The Morgan fingerprint density at radius 3 is 2.50 bits per heavy atom. The molecular formula is C14H29N3O. The van der Waals surface area contributed by atoms with Gasteiger partial charge in [0.05, 0.1) is 0 Å². The van der Waals surface area contributed by atoms with Gasteiger partial charge in [0.2, 0.25) is 5.91 Å². The van der Waals surface area contributed by atoms with Gasteiger partial charge in [-0.25, -0.2) is 0 Å². The maximum Gasteiger partial charge on any atom is 0.224 e. The lowest BCUT2D eigenvalue weighted by atomic mass is 10.0. The third-order valence-corrected chi connectivity index (χ3v) is 3.98. The van der Waals surface area contributed by atoms with E-state index in [0.29, 0.717) is 12.5 Å². The molecule has 1 heterocycles. The monoisotopic (exact) mass is 255 g/mol. The third kappa shape index (κ3) is 4.58. The number of hydrogen-bond acceptors (Lipinski definition) is 3. The molecule has 0 spiro atoms. The van der Waals surface area contributed by atoms with Crippen LogP contribution in [0.5, 0.6) is 0 Å². The Morgan fingerprint density at radius 2 is 2.00 bits per heavy atom. The molecule has 0 aliphatic carbocycles. The van der Waals surface area contributed by atoms with Crippen LogP contribution in [0, 0.1) is 0 Å². The van der Waals surface area contributed by atoms with E-state index in [2.05, 4.69) is 31.0 Å². The fourth-order valence-corrected chi connectivity index (χ4v) is 2.65. The van der Waals surface area contributed by atoms with Crippen molar-refractivity contribution in [2.75, 3.05) is 33.2 Å². The van der Waals surface area contributed by atoms with Crippen molar-refractivity contribution < 1.29 is 4.79 Å². The van der Waals surface area contributed by atoms with Gasteiger partial charge in [0.1, 0.15) is 0 Å². The number of nitrogens with zero attached hydrogens (tertiary/aromatic N) is 2. The molecule has 4 heteroatoms. The second-order valence-electron chi connectivity index (χ2n) is 5.33. The molecule has 0 aromatic heterocycles. The van der Waals surface area contributed by atoms with E-state index in [1.54, 1.807) is 0 Å². The number of likely N-dealkylation sites (tertiary alicyclic amines) is 1. The quantitative estimate of drug-likeness (QED) is 0.777. The number of carbonyl (C=O) groups is 1. The average Bonchev–Trinajstić information content (AvgIpc) is 2.38. The fraction of sp³-hybridized carbons (Fsp3) is 0.929. The summed E-state index contributed by atoms with van der Waals surface area (Å²) in [7, 11) is 1.97. The van der Waals surface area contributed by atoms with Crippen LogP contribution in [-0.2, 0) is 4.79 Å². The van der Waals surface area contributed by atoms with E-state index in [1.165, 1.54) is 0 Å². The Bertz CT molecular complexity index is 249. The van der Waals surface area contributed by atoms with E-state index < -0.39 is 0 Å². The minimum atomic E-state index is 0.276. The average molecular weight is 255 g/mol. The molecule has 0 bridgehead atoms. The highest BCUT2D eigenvalue weighted by Crippen LogP contribution is 2.16. The van der Waals surface area contributed by atoms with Crippen LogP contribution in [0.3, 0.4) is 0 Å². The number of rotatable bonds is 6. The first-order chi connectivity index (χ1) is 8.58. The maximum atomic E-state index is 12.2. The van der Waals surface area contributed by atoms with Crippen molar-refractivity contribution in [1.82, 2.24) is 15.1 Å². The third-order valence-electron chi connectivity index (χ3n) is 3.98. The predicted octanol–water partition coefficient (Wildman–Crippen LogP) is 1.32. The Morgan fingerprint density at radius 1 is 1.39 bits per heavy atom. The number of amides is 1. The van der Waals surface area contributed by atoms with E-state index in [1.807, 2.05) is 11.9 Å². The summed E-state index contributed by atoms with van der Waals surface area (Å²) >= 11 is 0. The predicted molar refractivity (Wildman–Crippen MR) is 75.7 cm³/mol. The molecule has 1 atom stereocenters. The lowest BCUT2D eigenvalue weighted by molar-refractivity contribution is -0.133. The van der Waals surface area contributed by atoms with E-state index in [-0.39, 0.29) is 11.9 Å². The molecule has 1 rings (SSSR count). The molecule has 4 nitrogen and oxygen atoms in total. The Labute approximate surface area is 112 Å². The van der Waals surface area contributed by atoms with Crippen molar-refractivity contribution in [1.29, 1.82) is 0 Å². The van der Waals surface area contributed by atoms with Gasteiger partial charge in [-0.3, -0.25) is 4.79 Å². The van der Waals surface area contributed by atoms with E-state index in [0.717, 1.165) is 39.0 Å². The molecule has 18 heavy (non-hydrogen) atoms. The molecule has 0 aromatic carbocycles. The van der Waals surface area contributed by atoms with Crippen molar-refractivity contribution in [3.63, 3.8) is 0 Å². The Balaban J connectivity index is 2.35. The normalized spacial score (nSPS) is 19.8. The summed E-state index contributed by atoms with van der Waals surface area (Å²) in [5.41, 5.74) is 0. The molecule has 1 aliphatic heterocycles. The van der Waals surface area contributed by atoms with Crippen molar-refractivity contribution in [2.24, 2.45) is 0 Å². The standard InChI is InChI=1S/C14H29N3O/c1-5-15-12(3)11-14(18)16(4)13-7-9-17(6-2)10-8-13/h12-13,15H,5-11H2,1-4H3. The van der Waals surface area contributed by atoms with Crippen LogP contribution in [-0.4, -0.2) is 61.0 Å². The number of nitrogens with one attached hydrogen (secondary N) is 1. The zero-order chi connectivity index (χ0) is 13.5. The highest BCUT2D eigenvalue weighted by atomic mass is 16.2. The van der Waals surface area contributed by atoms with Gasteiger partial charge in [-0.2, -0.15) is 0 Å². The molecule has 1 unspecified atom stereocenters. The van der Waals surface area contributed by atoms with Gasteiger partial charge in [0, 0.05) is 38.6 Å². The van der Waals surface area contributed by atoms with Gasteiger partial charge >= 0.3 is 0 Å². The summed E-state index contributed by atoms with van der Waals surface area (Å²) in [5, 5.41) is 3.29. The smallest absolute Gasteiger partial charge is 0.224 e. The van der Waals surface area contributed by atoms with Gasteiger partial charge in [0.25, 0.3) is 0 Å². The van der Waals surface area contributed by atoms with E-state index in [9.17, 15) is 4.79 Å². The van der Waals surface area contributed by atoms with Crippen molar-refractivity contribution in [3.05, 3.63) is 0 Å². The molecule has 1 aliphatic rings. The topological polar surface area (TPSA) is 35.6 Å². The van der Waals surface area contributed by atoms with Gasteiger partial charge in [-0.05, 0) is 32.9 Å². The van der Waals surface area contributed by atoms with Crippen molar-refractivity contribution >= 4 is 5.91 Å². The van der Waals surface area contributed by atoms with Crippen LogP contribution in [0.25, 0.3) is 0 Å². The summed E-state index contributed by atoms with van der Waals surface area (Å²) in [6, 6.07) is 0.717. The number of piperidine rings is 1. The minimum Gasteiger partial charge on any atom is -0.343 e. The summed E-state index contributed by atoms with van der Waals surface area (Å²) < 4.78 is 0. The van der Waals surface area contributed by atoms with Crippen LogP contribution in [0.1, 0.15) is 40.0 Å². The number of carbonyl (C=O) groups excluding carboxylic acids is 1. The minimum absolute atomic E-state index is 0.276. The van der Waals surface area contributed by atoms with E-state index in [4.69, 9.17) is 0 Å². The Hall–Kier alpha value is -0.610. The summed E-state index contributed by atoms with van der Waals surface area (Å²) in [5.74, 6) is 0.276. The molecule has 0 radical (unpaired) electrons. The molecular weight excluding hydrogens is 226 g/mol. The highest BCUT2D eigenvalue weighted by molar-refractivity contribution is 5.76. The van der Waals surface area contributed by atoms with Gasteiger partial charge in [-0.15, -0.1) is 0 Å². The molecule has 1 amide bonds. The second-order valence-corrected chi connectivity index (χ2v) is 5.33. The summed E-state index contributed by atoms with van der Waals surface area (Å²) in [4.78, 5) is 16.6. The SMILES string of the molecule is CCNC(C)CC(=O)N(C)C1CCN(CC)CC1. The van der Waals surface area contributed by atoms with Gasteiger partial charge < -0.3 is 15.1 Å². The van der Waals surface area contributed by atoms with Crippen molar-refractivity contribution in [2.45, 2.75) is 52.1 Å². The molecule has 1 saturated heterocycles. The van der Waals surface area contributed by atoms with Crippen LogP contribution in [0.4, 0.5) is 0 Å². The van der Waals surface area contributed by atoms with Gasteiger partial charge in [-0.1, -0.05) is 13.8 Å². The van der Waals surface area contributed by atoms with Crippen LogP contribution in [0.2, 0.25) is 0 Å². The Kier molecular flexibility index (Phi) is 6.65. The van der Waals surface area contributed by atoms with Crippen LogP contribution >= 0.6 is 0 Å². The second kappa shape index (κ2) is 7.74. The fourth-order valence-electron chi connectivity index (χ4n) is 2.65. The lowest BCUT2D eigenvalue weighted by Gasteiger charge is -2.36. The first-order valence-electron chi connectivity index (χ1n) is 7.29. The first-order valence-corrected chi connectivity index (χ1v) is 7.29. The molecule has 106 valence electrons. The summed E-state index contributed by atoms with van der Waals surface area (Å²) in [6.07, 6.45) is 2.84. The molecule has 0 saturated carbocycles. The highest BCUT2D eigenvalue weighted by Gasteiger charge is 2.25. The largest absolute Gasteiger partial charge is 0.343 e. The number of hydrogen-bond donors (Lipinski definition) is 1. The lowest BCUT2D eigenvalue weighted by Crippen LogP contribution is -2.46. The zero-order valence-corrected chi connectivity index (χ0v) is 12.4. The molecule has 1 N–H and O–H groups in total.